The third-order valence-electron chi connectivity index (χ3n) is 7.07. The summed E-state index contributed by atoms with van der Waals surface area (Å²) >= 11 is 0. The van der Waals surface area contributed by atoms with Gasteiger partial charge in [-0.1, -0.05) is 13.8 Å². The Bertz CT molecular complexity index is 658. The summed E-state index contributed by atoms with van der Waals surface area (Å²) in [4.78, 5) is 22.3. The molecule has 1 saturated carbocycles. The zero-order valence-electron chi connectivity index (χ0n) is 16.0. The van der Waals surface area contributed by atoms with Gasteiger partial charge in [0.25, 0.3) is 5.79 Å². The van der Waals surface area contributed by atoms with Gasteiger partial charge in [0, 0.05) is 18.3 Å². The molecule has 5 aliphatic rings. The number of carboxylic acid groups (broad SMARTS) is 1. The van der Waals surface area contributed by atoms with Crippen LogP contribution in [-0.2, 0) is 28.8 Å². The van der Waals surface area contributed by atoms with Gasteiger partial charge in [-0.3, -0.25) is 0 Å². The molecular weight excluding hydrogens is 385 g/mol. The lowest BCUT2D eigenvalue weighted by molar-refractivity contribution is -0.598. The van der Waals surface area contributed by atoms with E-state index in [9.17, 15) is 18.0 Å². The van der Waals surface area contributed by atoms with Crippen LogP contribution in [0.5, 0.6) is 0 Å². The van der Waals surface area contributed by atoms with E-state index >= 15 is 0 Å². The van der Waals surface area contributed by atoms with Gasteiger partial charge in [0.15, 0.2) is 11.9 Å². The van der Waals surface area contributed by atoms with Crippen LogP contribution in [0, 0.1) is 23.7 Å². The highest BCUT2D eigenvalue weighted by atomic mass is 19.4. The summed E-state index contributed by atoms with van der Waals surface area (Å²) in [6.45, 7) is 3.89. The zero-order chi connectivity index (χ0) is 20.5. The lowest BCUT2D eigenvalue weighted by Gasteiger charge is -2.62. The standard InChI is InChI=1S/C18H25F3O7/c1-9-4-5-12-10(2)17(18(19,20)21,24-8-13(22)23)26-14-16(12)11(9)6-7-15(3,25-14)27-28-16/h9-12,14H,4-8H2,1-3H3,(H,22,23)/t9-,10-,11+,12+,14?,15+,16-,17-/m1/s1. The minimum absolute atomic E-state index is 0.103. The Labute approximate surface area is 160 Å². The number of halogens is 3. The number of fused-ring (bicyclic) bond motifs is 2. The fraction of sp³-hybridized carbons (Fsp3) is 0.944. The molecule has 1 spiro atoms. The summed E-state index contributed by atoms with van der Waals surface area (Å²) in [7, 11) is 0. The van der Waals surface area contributed by atoms with Crippen molar-refractivity contribution < 1.29 is 47.1 Å². The van der Waals surface area contributed by atoms with Gasteiger partial charge in [-0.2, -0.15) is 13.2 Å². The summed E-state index contributed by atoms with van der Waals surface area (Å²) in [5, 5.41) is 8.92. The van der Waals surface area contributed by atoms with E-state index in [2.05, 4.69) is 0 Å². The highest BCUT2D eigenvalue weighted by Gasteiger charge is 2.77. The maximum Gasteiger partial charge on any atom is 0.443 e. The van der Waals surface area contributed by atoms with E-state index in [4.69, 9.17) is 29.1 Å². The molecule has 5 fully saturated rings. The molecule has 0 radical (unpaired) electrons. The van der Waals surface area contributed by atoms with Crippen LogP contribution in [0.4, 0.5) is 13.2 Å². The minimum Gasteiger partial charge on any atom is -0.480 e. The molecule has 1 N–H and O–H groups in total. The van der Waals surface area contributed by atoms with Crippen LogP contribution in [0.1, 0.15) is 46.5 Å². The molecule has 0 amide bonds. The van der Waals surface area contributed by atoms with Crippen molar-refractivity contribution in [3.8, 4) is 0 Å². The average Bonchev–Trinajstić information content (AvgIpc) is 2.82. The van der Waals surface area contributed by atoms with Crippen molar-refractivity contribution in [3.05, 3.63) is 0 Å². The van der Waals surface area contributed by atoms with E-state index in [1.807, 2.05) is 6.92 Å². The van der Waals surface area contributed by atoms with Crippen molar-refractivity contribution in [1.82, 2.24) is 0 Å². The van der Waals surface area contributed by atoms with E-state index in [0.717, 1.165) is 6.42 Å². The molecular formula is C18H25F3O7. The normalized spacial score (nSPS) is 50.7. The molecule has 0 aromatic carbocycles. The Morgan fingerprint density at radius 1 is 1.14 bits per heavy atom. The molecule has 4 aliphatic heterocycles. The molecule has 4 saturated heterocycles. The van der Waals surface area contributed by atoms with Crippen LogP contribution < -0.4 is 0 Å². The van der Waals surface area contributed by atoms with Gasteiger partial charge in [0.05, 0.1) is 0 Å². The fourth-order valence-corrected chi connectivity index (χ4v) is 5.66. The van der Waals surface area contributed by atoms with E-state index in [0.29, 0.717) is 19.3 Å². The monoisotopic (exact) mass is 410 g/mol. The van der Waals surface area contributed by atoms with Crippen molar-refractivity contribution in [2.45, 2.75) is 76.1 Å². The quantitative estimate of drug-likeness (QED) is 0.715. The largest absolute Gasteiger partial charge is 0.480 e. The van der Waals surface area contributed by atoms with E-state index < -0.39 is 54.1 Å². The molecule has 0 aromatic heterocycles. The molecule has 0 aromatic rings. The van der Waals surface area contributed by atoms with E-state index in [1.165, 1.54) is 6.92 Å². The van der Waals surface area contributed by atoms with Gasteiger partial charge >= 0.3 is 12.1 Å². The topological polar surface area (TPSA) is 83.5 Å². The van der Waals surface area contributed by atoms with Gasteiger partial charge in [-0.05, 0) is 38.0 Å². The smallest absolute Gasteiger partial charge is 0.443 e. The highest BCUT2D eigenvalue weighted by Crippen LogP contribution is 2.64. The van der Waals surface area contributed by atoms with Crippen LogP contribution in [0.15, 0.2) is 0 Å². The highest BCUT2D eigenvalue weighted by molar-refractivity contribution is 5.68. The summed E-state index contributed by atoms with van der Waals surface area (Å²) in [5.74, 6) is -7.60. The third kappa shape index (κ3) is 2.64. The summed E-state index contributed by atoms with van der Waals surface area (Å²) in [6.07, 6.45) is -4.04. The van der Waals surface area contributed by atoms with Crippen LogP contribution >= 0.6 is 0 Å². The second-order valence-electron chi connectivity index (χ2n) is 8.66. The number of hydrogen-bond acceptors (Lipinski definition) is 6. The Balaban J connectivity index is 1.81. The van der Waals surface area contributed by atoms with E-state index in [-0.39, 0.29) is 11.8 Å². The number of ether oxygens (including phenoxy) is 3. The average molecular weight is 410 g/mol. The first-order chi connectivity index (χ1) is 13.0. The SMILES string of the molecule is C[C@@H]1CC[C@H]2[C@@H](C)[C@](OCC(=O)O)(C(F)(F)F)OC3O[C@]4(C)CC[C@@H]1[C@]32OO4. The number of carbonyl (C=O) groups is 1. The number of alkyl halides is 3. The molecule has 160 valence electrons. The predicted molar refractivity (Wildman–Crippen MR) is 85.4 cm³/mol. The van der Waals surface area contributed by atoms with Crippen molar-refractivity contribution in [2.75, 3.05) is 6.61 Å². The summed E-state index contributed by atoms with van der Waals surface area (Å²) in [5.41, 5.74) is -1.19. The van der Waals surface area contributed by atoms with Crippen LogP contribution in [0.3, 0.4) is 0 Å². The first kappa shape index (κ1) is 20.3. The molecule has 7 nitrogen and oxygen atoms in total. The third-order valence-corrected chi connectivity index (χ3v) is 7.07. The van der Waals surface area contributed by atoms with Crippen molar-refractivity contribution in [2.24, 2.45) is 23.7 Å². The molecule has 1 aliphatic carbocycles. The number of carboxylic acids is 1. The molecule has 8 atom stereocenters. The Hall–Kier alpha value is -0.940. The zero-order valence-corrected chi connectivity index (χ0v) is 16.0. The van der Waals surface area contributed by atoms with Crippen LogP contribution in [0.25, 0.3) is 0 Å². The fourth-order valence-electron chi connectivity index (χ4n) is 5.66. The summed E-state index contributed by atoms with van der Waals surface area (Å²) < 4.78 is 59.0. The van der Waals surface area contributed by atoms with E-state index in [1.54, 1.807) is 6.92 Å². The molecule has 1 unspecified atom stereocenters. The number of rotatable bonds is 3. The first-order valence-electron chi connectivity index (χ1n) is 9.60. The van der Waals surface area contributed by atoms with Gasteiger partial charge < -0.3 is 19.3 Å². The maximum absolute atomic E-state index is 14.2. The Kier molecular flexibility index (Phi) is 4.56. The molecule has 28 heavy (non-hydrogen) atoms. The second-order valence-corrected chi connectivity index (χ2v) is 8.66. The molecule has 2 bridgehead atoms. The van der Waals surface area contributed by atoms with Gasteiger partial charge in [0.2, 0.25) is 5.79 Å². The first-order valence-corrected chi connectivity index (χ1v) is 9.60. The molecule has 10 heteroatoms. The van der Waals surface area contributed by atoms with Gasteiger partial charge in [-0.25, -0.2) is 14.6 Å². The van der Waals surface area contributed by atoms with Gasteiger partial charge in [0.1, 0.15) is 6.61 Å². The number of hydrogen-bond donors (Lipinski definition) is 1. The second kappa shape index (κ2) is 6.28. The van der Waals surface area contributed by atoms with Crippen molar-refractivity contribution >= 4 is 5.97 Å². The number of aliphatic carboxylic acids is 1. The Morgan fingerprint density at radius 3 is 2.50 bits per heavy atom. The van der Waals surface area contributed by atoms with Crippen molar-refractivity contribution in [1.29, 1.82) is 0 Å². The van der Waals surface area contributed by atoms with Crippen LogP contribution in [-0.4, -0.2) is 47.3 Å². The van der Waals surface area contributed by atoms with Crippen molar-refractivity contribution in [3.63, 3.8) is 0 Å². The Morgan fingerprint density at radius 2 is 1.86 bits per heavy atom. The lowest BCUT2D eigenvalue weighted by Crippen LogP contribution is -2.76. The molecule has 4 heterocycles. The maximum atomic E-state index is 14.2. The lowest BCUT2D eigenvalue weighted by atomic mass is 9.57. The minimum atomic E-state index is -4.96. The predicted octanol–water partition coefficient (Wildman–Crippen LogP) is 3.23. The summed E-state index contributed by atoms with van der Waals surface area (Å²) in [6, 6.07) is 0. The van der Waals surface area contributed by atoms with Crippen LogP contribution in [0.2, 0.25) is 0 Å². The molecule has 5 rings (SSSR count). The van der Waals surface area contributed by atoms with Gasteiger partial charge in [-0.15, -0.1) is 0 Å².